The number of amides is 1. The maximum absolute atomic E-state index is 13.5. The molecule has 0 radical (unpaired) electrons. The largest absolute Gasteiger partial charge is 0.573 e. The number of nitrogens with one attached hydrogen (secondary N) is 1. The number of carbonyl (C=O) groups is 2. The summed E-state index contributed by atoms with van der Waals surface area (Å²) in [5.41, 5.74) is 0.153. The lowest BCUT2D eigenvalue weighted by atomic mass is 10.2. The van der Waals surface area contributed by atoms with Crippen LogP contribution in [0.15, 0.2) is 42.5 Å². The molecule has 156 valence electrons. The van der Waals surface area contributed by atoms with Gasteiger partial charge < -0.3 is 14.8 Å². The van der Waals surface area contributed by atoms with Gasteiger partial charge >= 0.3 is 12.3 Å². The van der Waals surface area contributed by atoms with Crippen LogP contribution in [0.25, 0.3) is 0 Å². The molecule has 1 N–H and O–H groups in total. The normalized spacial score (nSPS) is 11.1. The van der Waals surface area contributed by atoms with Crippen LogP contribution in [-0.4, -0.2) is 24.8 Å². The van der Waals surface area contributed by atoms with E-state index >= 15 is 0 Å². The van der Waals surface area contributed by atoms with Gasteiger partial charge in [-0.3, -0.25) is 9.59 Å². The average Bonchev–Trinajstić information content (AvgIpc) is 2.63. The van der Waals surface area contributed by atoms with E-state index in [0.717, 1.165) is 24.3 Å². The van der Waals surface area contributed by atoms with Gasteiger partial charge in [0.2, 0.25) is 0 Å². The smallest absolute Gasteiger partial charge is 0.461 e. The first-order chi connectivity index (χ1) is 13.6. The standard InChI is InChI=1S/C19H16F5NO4/c20-13-5-8-15(16(21)10-13)18(27)25-9-1-2-17(26)28-11-12-3-6-14(7-4-12)29-19(22,23)24/h3-8,10H,1-2,9,11H2,(H,25,27). The highest BCUT2D eigenvalue weighted by atomic mass is 19.4. The van der Waals surface area contributed by atoms with Crippen LogP contribution >= 0.6 is 0 Å². The van der Waals surface area contributed by atoms with E-state index in [1.54, 1.807) is 0 Å². The molecule has 2 aromatic carbocycles. The van der Waals surface area contributed by atoms with Crippen molar-refractivity contribution >= 4 is 11.9 Å². The summed E-state index contributed by atoms with van der Waals surface area (Å²) in [6.07, 6.45) is -4.61. The van der Waals surface area contributed by atoms with Crippen molar-refractivity contribution in [3.8, 4) is 5.75 Å². The lowest BCUT2D eigenvalue weighted by Gasteiger charge is -2.10. The minimum absolute atomic E-state index is 0.0402. The summed E-state index contributed by atoms with van der Waals surface area (Å²) < 4.78 is 71.2. The van der Waals surface area contributed by atoms with E-state index in [2.05, 4.69) is 10.1 Å². The Morgan fingerprint density at radius 2 is 1.69 bits per heavy atom. The SMILES string of the molecule is O=C(CCCNC(=O)c1ccc(F)cc1F)OCc1ccc(OC(F)(F)F)cc1. The molecule has 0 aromatic heterocycles. The minimum Gasteiger partial charge on any atom is -0.461 e. The van der Waals surface area contributed by atoms with Crippen molar-refractivity contribution in [2.75, 3.05) is 6.54 Å². The fourth-order valence-corrected chi connectivity index (χ4v) is 2.23. The molecule has 0 saturated heterocycles. The number of esters is 1. The van der Waals surface area contributed by atoms with E-state index in [1.807, 2.05) is 0 Å². The van der Waals surface area contributed by atoms with E-state index in [0.29, 0.717) is 11.6 Å². The molecule has 0 aliphatic carbocycles. The monoisotopic (exact) mass is 417 g/mol. The summed E-state index contributed by atoms with van der Waals surface area (Å²) >= 11 is 0. The summed E-state index contributed by atoms with van der Waals surface area (Å²) in [5, 5.41) is 2.40. The predicted octanol–water partition coefficient (Wildman–Crippen LogP) is 4.12. The van der Waals surface area contributed by atoms with E-state index in [-0.39, 0.29) is 37.3 Å². The average molecular weight is 417 g/mol. The zero-order chi connectivity index (χ0) is 21.4. The molecule has 0 unspecified atom stereocenters. The van der Waals surface area contributed by atoms with Crippen LogP contribution in [0, 0.1) is 11.6 Å². The molecule has 0 saturated carbocycles. The lowest BCUT2D eigenvalue weighted by molar-refractivity contribution is -0.274. The zero-order valence-corrected chi connectivity index (χ0v) is 14.9. The first-order valence-electron chi connectivity index (χ1n) is 8.37. The zero-order valence-electron chi connectivity index (χ0n) is 14.9. The van der Waals surface area contributed by atoms with Gasteiger partial charge in [-0.15, -0.1) is 13.2 Å². The van der Waals surface area contributed by atoms with Gasteiger partial charge in [-0.1, -0.05) is 12.1 Å². The molecule has 0 bridgehead atoms. The molecule has 29 heavy (non-hydrogen) atoms. The second-order valence-corrected chi connectivity index (χ2v) is 5.84. The molecular weight excluding hydrogens is 401 g/mol. The molecule has 0 heterocycles. The maximum atomic E-state index is 13.5. The highest BCUT2D eigenvalue weighted by molar-refractivity contribution is 5.94. The van der Waals surface area contributed by atoms with Crippen LogP contribution in [0.4, 0.5) is 22.0 Å². The van der Waals surface area contributed by atoms with Crippen LogP contribution in [0.2, 0.25) is 0 Å². The molecule has 0 spiro atoms. The number of halogens is 5. The van der Waals surface area contributed by atoms with Crippen molar-refractivity contribution in [2.45, 2.75) is 25.8 Å². The highest BCUT2D eigenvalue weighted by Crippen LogP contribution is 2.22. The van der Waals surface area contributed by atoms with Gasteiger partial charge in [0.1, 0.15) is 24.0 Å². The van der Waals surface area contributed by atoms with Gasteiger partial charge in [0, 0.05) is 19.0 Å². The third-order valence-electron chi connectivity index (χ3n) is 3.58. The number of hydrogen-bond donors (Lipinski definition) is 1. The summed E-state index contributed by atoms with van der Waals surface area (Å²) in [4.78, 5) is 23.4. The van der Waals surface area contributed by atoms with Crippen molar-refractivity contribution in [1.29, 1.82) is 0 Å². The lowest BCUT2D eigenvalue weighted by Crippen LogP contribution is -2.26. The molecule has 0 aliphatic rings. The molecule has 10 heteroatoms. The Labute approximate surface area is 162 Å². The summed E-state index contributed by atoms with van der Waals surface area (Å²) in [6.45, 7) is -0.0769. The van der Waals surface area contributed by atoms with Crippen molar-refractivity contribution in [1.82, 2.24) is 5.32 Å². The van der Waals surface area contributed by atoms with Crippen molar-refractivity contribution in [3.05, 3.63) is 65.2 Å². The first-order valence-corrected chi connectivity index (χ1v) is 8.37. The molecule has 2 rings (SSSR count). The number of benzene rings is 2. The maximum Gasteiger partial charge on any atom is 0.573 e. The number of ether oxygens (including phenoxy) is 2. The van der Waals surface area contributed by atoms with Gasteiger partial charge in [0.05, 0.1) is 5.56 Å². The topological polar surface area (TPSA) is 64.6 Å². The second-order valence-electron chi connectivity index (χ2n) is 5.84. The van der Waals surface area contributed by atoms with Gasteiger partial charge in [0.25, 0.3) is 5.91 Å². The summed E-state index contributed by atoms with van der Waals surface area (Å²) in [7, 11) is 0. The fraction of sp³-hybridized carbons (Fsp3) is 0.263. The quantitative estimate of drug-likeness (QED) is 0.399. The number of rotatable bonds is 8. The van der Waals surface area contributed by atoms with Gasteiger partial charge in [0.15, 0.2) is 0 Å². The molecule has 5 nitrogen and oxygen atoms in total. The molecular formula is C19H16F5NO4. The van der Waals surface area contributed by atoms with E-state index in [9.17, 15) is 31.5 Å². The van der Waals surface area contributed by atoms with Crippen LogP contribution in [-0.2, 0) is 16.1 Å². The van der Waals surface area contributed by atoms with Crippen molar-refractivity contribution in [3.63, 3.8) is 0 Å². The van der Waals surface area contributed by atoms with Crippen LogP contribution in [0.1, 0.15) is 28.8 Å². The number of alkyl halides is 3. The molecule has 2 aromatic rings. The van der Waals surface area contributed by atoms with Gasteiger partial charge in [-0.05, 0) is 36.2 Å². The van der Waals surface area contributed by atoms with Crippen LogP contribution in [0.3, 0.4) is 0 Å². The van der Waals surface area contributed by atoms with Crippen molar-refractivity contribution < 1.29 is 41.0 Å². The first kappa shape index (κ1) is 22.1. The third-order valence-corrected chi connectivity index (χ3v) is 3.58. The Balaban J connectivity index is 1.67. The molecule has 0 atom stereocenters. The fourth-order valence-electron chi connectivity index (χ4n) is 2.23. The Hall–Kier alpha value is -3.17. The summed E-state index contributed by atoms with van der Waals surface area (Å²) in [6, 6.07) is 7.41. The third kappa shape index (κ3) is 7.76. The Morgan fingerprint density at radius 3 is 2.31 bits per heavy atom. The molecule has 0 aliphatic heterocycles. The minimum atomic E-state index is -4.79. The number of hydrogen-bond acceptors (Lipinski definition) is 4. The van der Waals surface area contributed by atoms with E-state index in [1.165, 1.54) is 12.1 Å². The summed E-state index contributed by atoms with van der Waals surface area (Å²) in [5.74, 6) is -3.50. The number of carbonyl (C=O) groups excluding carboxylic acids is 2. The van der Waals surface area contributed by atoms with E-state index < -0.39 is 29.9 Å². The Bertz CT molecular complexity index is 853. The van der Waals surface area contributed by atoms with E-state index in [4.69, 9.17) is 4.74 Å². The molecule has 0 fully saturated rings. The highest BCUT2D eigenvalue weighted by Gasteiger charge is 2.30. The predicted molar refractivity (Wildman–Crippen MR) is 90.8 cm³/mol. The van der Waals surface area contributed by atoms with Gasteiger partial charge in [-0.25, -0.2) is 8.78 Å². The van der Waals surface area contributed by atoms with Crippen LogP contribution in [0.5, 0.6) is 5.75 Å². The van der Waals surface area contributed by atoms with Crippen LogP contribution < -0.4 is 10.1 Å². The van der Waals surface area contributed by atoms with Gasteiger partial charge in [-0.2, -0.15) is 0 Å². The molecule has 1 amide bonds. The van der Waals surface area contributed by atoms with Crippen molar-refractivity contribution in [2.24, 2.45) is 0 Å². The Morgan fingerprint density at radius 1 is 1.00 bits per heavy atom. The second kappa shape index (κ2) is 9.85. The Kier molecular flexibility index (Phi) is 7.52.